The van der Waals surface area contributed by atoms with E-state index in [9.17, 15) is 4.79 Å². The predicted molar refractivity (Wildman–Crippen MR) is 132 cm³/mol. The van der Waals surface area contributed by atoms with Crippen molar-refractivity contribution in [2.75, 3.05) is 33.5 Å². The Morgan fingerprint density at radius 3 is 2.77 bits per heavy atom. The number of hydrogen-bond acceptors (Lipinski definition) is 9. The van der Waals surface area contributed by atoms with Crippen molar-refractivity contribution in [3.05, 3.63) is 69.8 Å². The number of hydrazine groups is 1. The number of carbonyl (C=O) groups excluding carboxylic acids is 1. The lowest BCUT2D eigenvalue weighted by Gasteiger charge is -2.29. The SMILES string of the molecule is COCCOCCN1NC=C([SH]2C=C(C(N)=O)N=C2c2c[nH]nc2C)C1c1ccccn1.O=CO. The third-order valence-electron chi connectivity index (χ3n) is 5.15. The number of hydrogen-bond donors (Lipinski definition) is 5. The Kier molecular flexibility index (Phi) is 9.55. The molecule has 4 heterocycles. The smallest absolute Gasteiger partial charge is 0.290 e. The highest BCUT2D eigenvalue weighted by atomic mass is 32.2. The summed E-state index contributed by atoms with van der Waals surface area (Å²) in [5, 5.41) is 18.8. The maximum absolute atomic E-state index is 12.0. The molecule has 4 rings (SSSR count). The van der Waals surface area contributed by atoms with E-state index in [0.717, 1.165) is 26.9 Å². The number of primary amides is 1. The minimum absolute atomic E-state index is 0.144. The third-order valence-corrected chi connectivity index (χ3v) is 7.38. The number of nitrogens with zero attached hydrogens (tertiary/aromatic N) is 4. The Morgan fingerprint density at radius 2 is 2.14 bits per heavy atom. The highest BCUT2D eigenvalue weighted by Gasteiger charge is 2.37. The molecule has 0 fully saturated rings. The average molecular weight is 504 g/mol. The number of methoxy groups -OCH3 is 1. The molecule has 12 nitrogen and oxygen atoms in total. The Morgan fingerprint density at radius 1 is 1.34 bits per heavy atom. The van der Waals surface area contributed by atoms with Gasteiger partial charge in [0.2, 0.25) is 0 Å². The van der Waals surface area contributed by atoms with Crippen LogP contribution >= 0.6 is 10.9 Å². The van der Waals surface area contributed by atoms with Crippen LogP contribution in [0.1, 0.15) is 23.0 Å². The number of amides is 1. The summed E-state index contributed by atoms with van der Waals surface area (Å²) < 4.78 is 10.7. The van der Waals surface area contributed by atoms with E-state index in [2.05, 4.69) is 30.6 Å². The molecule has 0 aromatic carbocycles. The summed E-state index contributed by atoms with van der Waals surface area (Å²) in [5.41, 5.74) is 11.8. The first-order valence-electron chi connectivity index (χ1n) is 10.7. The van der Waals surface area contributed by atoms with E-state index in [1.54, 1.807) is 19.5 Å². The van der Waals surface area contributed by atoms with Crippen molar-refractivity contribution in [2.24, 2.45) is 10.7 Å². The monoisotopic (exact) mass is 503 g/mol. The van der Waals surface area contributed by atoms with Gasteiger partial charge in [-0.1, -0.05) is 6.07 Å². The molecule has 0 saturated heterocycles. The molecule has 0 aliphatic carbocycles. The van der Waals surface area contributed by atoms with Gasteiger partial charge in [-0.15, -0.1) is 0 Å². The van der Waals surface area contributed by atoms with Crippen LogP contribution in [-0.2, 0) is 19.1 Å². The lowest BCUT2D eigenvalue weighted by Crippen LogP contribution is -2.36. The molecule has 1 amide bonds. The summed E-state index contributed by atoms with van der Waals surface area (Å²) in [7, 11) is 0.571. The van der Waals surface area contributed by atoms with Crippen molar-refractivity contribution in [1.29, 1.82) is 0 Å². The molecular weight excluding hydrogens is 474 g/mol. The van der Waals surface area contributed by atoms with Crippen LogP contribution in [0.2, 0.25) is 0 Å². The second-order valence-corrected chi connectivity index (χ2v) is 9.27. The number of rotatable bonds is 10. The van der Waals surface area contributed by atoms with Crippen LogP contribution < -0.4 is 11.2 Å². The first-order chi connectivity index (χ1) is 17.0. The fourth-order valence-corrected chi connectivity index (χ4v) is 5.96. The number of ether oxygens (including phenoxy) is 2. The molecule has 0 radical (unpaired) electrons. The normalized spacial score (nSPS) is 20.2. The lowest BCUT2D eigenvalue weighted by atomic mass is 10.2. The van der Waals surface area contributed by atoms with Gasteiger partial charge in [-0.05, 0) is 24.5 Å². The topological polar surface area (TPSA) is 168 Å². The standard InChI is InChI=1S/C21H27N7O3S.CH2O2/c1-14-15(11-24-27-14)21-26-17(20(22)29)13-32(21)18-12-25-28(7-8-31-10-9-30-2)19(18)16-5-3-4-6-23-16;2-1-3/h3-6,11-13,19,25,32H,7-10H2,1-2H3,(H2,22,29)(H,24,27);1H,(H,2,3). The molecule has 35 heavy (non-hydrogen) atoms. The molecular formula is C22H29N7O5S. The molecule has 2 atom stereocenters. The Labute approximate surface area is 205 Å². The van der Waals surface area contributed by atoms with Crippen molar-refractivity contribution in [2.45, 2.75) is 13.0 Å². The molecule has 0 saturated carbocycles. The zero-order valence-electron chi connectivity index (χ0n) is 19.4. The second-order valence-electron chi connectivity index (χ2n) is 7.33. The minimum Gasteiger partial charge on any atom is -0.483 e. The number of carboxylic acid groups (broad SMARTS) is 1. The zero-order chi connectivity index (χ0) is 25.2. The molecule has 5 N–H and O–H groups in total. The fraction of sp³-hybridized carbons (Fsp3) is 0.318. The first kappa shape index (κ1) is 26.1. The van der Waals surface area contributed by atoms with Gasteiger partial charge in [0, 0.05) is 42.7 Å². The van der Waals surface area contributed by atoms with Crippen molar-refractivity contribution in [1.82, 2.24) is 25.6 Å². The second kappa shape index (κ2) is 12.8. The number of carbonyl (C=O) groups is 2. The number of aromatic nitrogens is 3. The van der Waals surface area contributed by atoms with Crippen LogP contribution in [-0.4, -0.2) is 76.2 Å². The summed E-state index contributed by atoms with van der Waals surface area (Å²) in [5.74, 6) is -0.544. The molecule has 13 heteroatoms. The van der Waals surface area contributed by atoms with Crippen molar-refractivity contribution in [3.63, 3.8) is 0 Å². The lowest BCUT2D eigenvalue weighted by molar-refractivity contribution is -0.123. The summed E-state index contributed by atoms with van der Waals surface area (Å²) in [6, 6.07) is 5.71. The molecule has 2 aliphatic heterocycles. The highest BCUT2D eigenvalue weighted by molar-refractivity contribution is 8.36. The Balaban J connectivity index is 0.00000108. The quantitative estimate of drug-likeness (QED) is 0.180. The van der Waals surface area contributed by atoms with Gasteiger partial charge < -0.3 is 25.7 Å². The van der Waals surface area contributed by atoms with Gasteiger partial charge in [0.25, 0.3) is 12.4 Å². The van der Waals surface area contributed by atoms with Gasteiger partial charge >= 0.3 is 0 Å². The molecule has 2 aromatic rings. The summed E-state index contributed by atoms with van der Waals surface area (Å²) in [6.07, 6.45) is 5.56. The molecule has 0 spiro atoms. The maximum atomic E-state index is 12.0. The number of aromatic amines is 1. The average Bonchev–Trinajstić information content (AvgIpc) is 3.57. The van der Waals surface area contributed by atoms with Gasteiger partial charge in [-0.25, -0.2) is 10.0 Å². The minimum atomic E-state index is -1.08. The van der Waals surface area contributed by atoms with E-state index in [0.29, 0.717) is 26.4 Å². The number of H-pyrrole nitrogens is 1. The number of nitrogens with two attached hydrogens (primary N) is 1. The van der Waals surface area contributed by atoms with E-state index < -0.39 is 16.8 Å². The summed E-state index contributed by atoms with van der Waals surface area (Å²) in [4.78, 5) is 30.6. The number of nitrogens with one attached hydrogen (secondary N) is 2. The third kappa shape index (κ3) is 6.33. The van der Waals surface area contributed by atoms with E-state index in [1.165, 1.54) is 0 Å². The number of aryl methyl sites for hydroxylation is 1. The van der Waals surface area contributed by atoms with Crippen molar-refractivity contribution >= 4 is 28.3 Å². The fourth-order valence-electron chi connectivity index (χ4n) is 3.58. The van der Waals surface area contributed by atoms with E-state index >= 15 is 0 Å². The first-order valence-corrected chi connectivity index (χ1v) is 12.1. The van der Waals surface area contributed by atoms with Crippen LogP contribution in [0.25, 0.3) is 0 Å². The number of aliphatic imine (C=N–C) groups is 1. The summed E-state index contributed by atoms with van der Waals surface area (Å²) in [6.45, 7) is 3.91. The van der Waals surface area contributed by atoms with Gasteiger partial charge in [-0.2, -0.15) is 16.0 Å². The largest absolute Gasteiger partial charge is 0.483 e. The van der Waals surface area contributed by atoms with Gasteiger partial charge in [0.15, 0.2) is 0 Å². The number of thiol groups is 1. The van der Waals surface area contributed by atoms with Crippen LogP contribution in [0, 0.1) is 6.92 Å². The van der Waals surface area contributed by atoms with Crippen LogP contribution in [0.5, 0.6) is 0 Å². The van der Waals surface area contributed by atoms with Crippen molar-refractivity contribution in [3.8, 4) is 0 Å². The Hall–Kier alpha value is -3.52. The van der Waals surface area contributed by atoms with Gasteiger partial charge in [0.05, 0.1) is 36.3 Å². The van der Waals surface area contributed by atoms with Crippen LogP contribution in [0.15, 0.2) is 57.8 Å². The maximum Gasteiger partial charge on any atom is 0.290 e. The van der Waals surface area contributed by atoms with Crippen LogP contribution in [0.4, 0.5) is 0 Å². The molecule has 2 aromatic heterocycles. The Bertz CT molecular complexity index is 1100. The van der Waals surface area contributed by atoms with E-state index in [4.69, 9.17) is 25.1 Å². The van der Waals surface area contributed by atoms with Gasteiger partial charge in [0.1, 0.15) is 11.7 Å². The van der Waals surface area contributed by atoms with Gasteiger partial charge in [-0.3, -0.25) is 19.7 Å². The van der Waals surface area contributed by atoms with Crippen molar-refractivity contribution < 1.29 is 24.2 Å². The van der Waals surface area contributed by atoms with Crippen LogP contribution in [0.3, 0.4) is 0 Å². The summed E-state index contributed by atoms with van der Waals surface area (Å²) >= 11 is 0. The van der Waals surface area contributed by atoms with E-state index in [-0.39, 0.29) is 18.2 Å². The number of pyridine rings is 1. The molecule has 2 unspecified atom stereocenters. The molecule has 0 bridgehead atoms. The van der Waals surface area contributed by atoms with E-state index in [1.807, 2.05) is 36.7 Å². The highest BCUT2D eigenvalue weighted by Crippen LogP contribution is 2.53. The molecule has 188 valence electrons. The zero-order valence-corrected chi connectivity index (χ0v) is 20.3. The predicted octanol–water partition coefficient (Wildman–Crippen LogP) is 0.968. The molecule has 2 aliphatic rings.